The lowest BCUT2D eigenvalue weighted by Crippen LogP contribution is -2.28. The fourth-order valence-corrected chi connectivity index (χ4v) is 5.05. The minimum absolute atomic E-state index is 0.0389. The largest absolute Gasteiger partial charge is 0.465 e. The van der Waals surface area contributed by atoms with Crippen molar-refractivity contribution < 1.29 is 13.7 Å². The number of methoxy groups -OCH3 is 1. The maximum Gasteiger partial charge on any atom is 0.338 e. The van der Waals surface area contributed by atoms with Crippen LogP contribution in [-0.4, -0.2) is 33.3 Å². The number of esters is 1. The first kappa shape index (κ1) is 24.0. The van der Waals surface area contributed by atoms with E-state index in [1.165, 1.54) is 18.9 Å². The summed E-state index contributed by atoms with van der Waals surface area (Å²) in [7, 11) is -0.194. The van der Waals surface area contributed by atoms with Crippen LogP contribution in [0.25, 0.3) is 22.3 Å². The number of benzene rings is 3. The van der Waals surface area contributed by atoms with Crippen LogP contribution in [0.15, 0.2) is 71.6 Å². The summed E-state index contributed by atoms with van der Waals surface area (Å²) in [5.74, 6) is -0.447. The van der Waals surface area contributed by atoms with Crippen molar-refractivity contribution in [1.29, 1.82) is 5.41 Å². The molecule has 1 unspecified atom stereocenters. The molecule has 0 aliphatic carbocycles. The third-order valence-electron chi connectivity index (χ3n) is 5.03. The molecule has 0 fully saturated rings. The Bertz CT molecular complexity index is 1180. The van der Waals surface area contributed by atoms with Crippen LogP contribution in [0.2, 0.25) is 0 Å². The second-order valence-corrected chi connectivity index (χ2v) is 11.2. The van der Waals surface area contributed by atoms with Crippen molar-refractivity contribution in [2.75, 3.05) is 13.4 Å². The molecule has 3 aromatic carbocycles. The minimum atomic E-state index is -1.55. The number of rotatable bonds is 5. The van der Waals surface area contributed by atoms with E-state index in [9.17, 15) is 9.00 Å². The van der Waals surface area contributed by atoms with Crippen LogP contribution in [-0.2, 0) is 15.5 Å². The normalized spacial score (nSPS) is 12.3. The second-order valence-electron chi connectivity index (χ2n) is 8.21. The van der Waals surface area contributed by atoms with Crippen LogP contribution in [0.3, 0.4) is 0 Å². The van der Waals surface area contributed by atoms with E-state index in [0.29, 0.717) is 22.3 Å². The van der Waals surface area contributed by atoms with E-state index in [1.807, 2.05) is 87.7 Å². The molecule has 0 amide bonds. The molecule has 0 radical (unpaired) electrons. The molecule has 0 saturated carbocycles. The molecule has 32 heavy (non-hydrogen) atoms. The van der Waals surface area contributed by atoms with Gasteiger partial charge in [-0.2, -0.15) is 0 Å². The number of thioether (sulfide) groups is 1. The van der Waals surface area contributed by atoms with Gasteiger partial charge in [0.25, 0.3) is 0 Å². The SMILES string of the molecule is COC(=O)c1cccc(SC)c1-c1ccc(-c2ccccc2)cc1C(=N)S(=O)C(C)(C)C. The molecule has 4 nitrogen and oxygen atoms in total. The first-order chi connectivity index (χ1) is 15.2. The quantitative estimate of drug-likeness (QED) is 0.205. The molecular formula is C26H27NO3S2. The molecule has 3 rings (SSSR count). The van der Waals surface area contributed by atoms with Crippen molar-refractivity contribution in [3.05, 3.63) is 77.9 Å². The summed E-state index contributed by atoms with van der Waals surface area (Å²) < 4.78 is 17.7. The van der Waals surface area contributed by atoms with E-state index < -0.39 is 21.5 Å². The average molecular weight is 466 g/mol. The maximum absolute atomic E-state index is 13.2. The molecule has 0 aliphatic heterocycles. The van der Waals surface area contributed by atoms with Gasteiger partial charge < -0.3 is 4.74 Å². The Labute approximate surface area is 196 Å². The number of ether oxygens (including phenoxy) is 1. The summed E-state index contributed by atoms with van der Waals surface area (Å²) in [4.78, 5) is 13.5. The predicted octanol–water partition coefficient (Wildman–Crippen LogP) is 6.40. The molecule has 0 aliphatic rings. The van der Waals surface area contributed by atoms with E-state index >= 15 is 0 Å². The molecule has 1 atom stereocenters. The van der Waals surface area contributed by atoms with E-state index in [0.717, 1.165) is 16.0 Å². The second kappa shape index (κ2) is 9.84. The van der Waals surface area contributed by atoms with E-state index in [2.05, 4.69) is 0 Å². The van der Waals surface area contributed by atoms with Crippen LogP contribution in [0, 0.1) is 5.41 Å². The highest BCUT2D eigenvalue weighted by Gasteiger charge is 2.28. The standard InChI is InChI=1S/C26H27NO3S2/c1-26(2,3)32(29)24(27)21-16-18(17-10-7-6-8-11-17)14-15-19(21)23-20(25(28)30-4)12-9-13-22(23)31-5/h6-16,27H,1-5H3. The van der Waals surface area contributed by atoms with Gasteiger partial charge in [0, 0.05) is 20.8 Å². The highest BCUT2D eigenvalue weighted by molar-refractivity contribution is 8.02. The topological polar surface area (TPSA) is 67.2 Å². The third-order valence-corrected chi connectivity index (χ3v) is 7.52. The van der Waals surface area contributed by atoms with Gasteiger partial charge in [-0.05, 0) is 61.9 Å². The molecule has 0 bridgehead atoms. The van der Waals surface area contributed by atoms with Crippen LogP contribution >= 0.6 is 11.8 Å². The monoisotopic (exact) mass is 465 g/mol. The van der Waals surface area contributed by atoms with Gasteiger partial charge in [-0.1, -0.05) is 48.5 Å². The van der Waals surface area contributed by atoms with Crippen molar-refractivity contribution >= 4 is 33.6 Å². The van der Waals surface area contributed by atoms with Gasteiger partial charge in [-0.25, -0.2) is 4.79 Å². The van der Waals surface area contributed by atoms with Gasteiger partial charge in [0.1, 0.15) is 5.04 Å². The van der Waals surface area contributed by atoms with Gasteiger partial charge in [0.15, 0.2) is 0 Å². The first-order valence-electron chi connectivity index (χ1n) is 10.1. The molecule has 6 heteroatoms. The van der Waals surface area contributed by atoms with E-state index in [1.54, 1.807) is 6.07 Å². The zero-order valence-electron chi connectivity index (χ0n) is 18.9. The molecule has 3 aromatic rings. The molecule has 0 spiro atoms. The van der Waals surface area contributed by atoms with Gasteiger partial charge in [0.05, 0.1) is 23.5 Å². The highest BCUT2D eigenvalue weighted by Crippen LogP contribution is 2.38. The summed E-state index contributed by atoms with van der Waals surface area (Å²) in [6.07, 6.45) is 1.94. The summed E-state index contributed by atoms with van der Waals surface area (Å²) in [5, 5.41) is 8.91. The van der Waals surface area contributed by atoms with E-state index in [4.69, 9.17) is 10.1 Å². The van der Waals surface area contributed by atoms with Crippen LogP contribution in [0.1, 0.15) is 36.7 Å². The fourth-order valence-electron chi connectivity index (χ4n) is 3.43. The molecule has 0 heterocycles. The van der Waals surface area contributed by atoms with Gasteiger partial charge in [-0.3, -0.25) is 9.62 Å². The number of carbonyl (C=O) groups excluding carboxylic acids is 1. The summed E-state index contributed by atoms with van der Waals surface area (Å²) in [6, 6.07) is 21.1. The first-order valence-corrected chi connectivity index (χ1v) is 12.5. The molecule has 0 saturated heterocycles. The van der Waals surface area contributed by atoms with Crippen molar-refractivity contribution in [2.45, 2.75) is 30.4 Å². The van der Waals surface area contributed by atoms with Gasteiger partial charge >= 0.3 is 5.97 Å². The Kier molecular flexibility index (Phi) is 7.36. The smallest absolute Gasteiger partial charge is 0.338 e. The van der Waals surface area contributed by atoms with Gasteiger partial charge in [-0.15, -0.1) is 11.8 Å². The lowest BCUT2D eigenvalue weighted by molar-refractivity contribution is 0.0601. The van der Waals surface area contributed by atoms with Crippen LogP contribution in [0.5, 0.6) is 0 Å². The van der Waals surface area contributed by atoms with Crippen LogP contribution < -0.4 is 0 Å². The van der Waals surface area contributed by atoms with E-state index in [-0.39, 0.29) is 5.04 Å². The molecule has 166 valence electrons. The zero-order chi connectivity index (χ0) is 23.5. The fraction of sp³-hybridized carbons (Fsp3) is 0.231. The zero-order valence-corrected chi connectivity index (χ0v) is 20.5. The molecular weight excluding hydrogens is 438 g/mol. The Balaban J connectivity index is 2.33. The predicted molar refractivity (Wildman–Crippen MR) is 135 cm³/mol. The molecule has 0 aromatic heterocycles. The molecule has 1 N–H and O–H groups in total. The average Bonchev–Trinajstić information content (AvgIpc) is 2.81. The van der Waals surface area contributed by atoms with Gasteiger partial charge in [0.2, 0.25) is 0 Å². The Morgan fingerprint density at radius 2 is 1.62 bits per heavy atom. The Morgan fingerprint density at radius 3 is 2.22 bits per heavy atom. The Hall–Kier alpha value is -2.70. The lowest BCUT2D eigenvalue weighted by Gasteiger charge is -2.22. The summed E-state index contributed by atoms with van der Waals surface area (Å²) in [5.41, 5.74) is 4.27. The third kappa shape index (κ3) is 4.87. The van der Waals surface area contributed by atoms with Crippen molar-refractivity contribution in [3.63, 3.8) is 0 Å². The minimum Gasteiger partial charge on any atom is -0.465 e. The lowest BCUT2D eigenvalue weighted by atomic mass is 9.92. The summed E-state index contributed by atoms with van der Waals surface area (Å²) in [6.45, 7) is 5.57. The Morgan fingerprint density at radius 1 is 0.938 bits per heavy atom. The number of hydrogen-bond acceptors (Lipinski definition) is 5. The van der Waals surface area contributed by atoms with Crippen molar-refractivity contribution in [3.8, 4) is 22.3 Å². The number of nitrogens with one attached hydrogen (secondary N) is 1. The van der Waals surface area contributed by atoms with Crippen LogP contribution in [0.4, 0.5) is 0 Å². The highest BCUT2D eigenvalue weighted by atomic mass is 32.2. The van der Waals surface area contributed by atoms with Crippen molar-refractivity contribution in [1.82, 2.24) is 0 Å². The number of carbonyl (C=O) groups is 1. The summed E-state index contributed by atoms with van der Waals surface area (Å²) >= 11 is 1.51. The van der Waals surface area contributed by atoms with Crippen molar-refractivity contribution in [2.24, 2.45) is 0 Å². The maximum atomic E-state index is 13.2. The number of hydrogen-bond donors (Lipinski definition) is 1.